The largest absolute Gasteiger partial charge is 0.399 e. The first-order chi connectivity index (χ1) is 8.35. The van der Waals surface area contributed by atoms with Crippen LogP contribution in [-0.4, -0.2) is 25.7 Å². The molecule has 0 radical (unpaired) electrons. The second-order valence-corrected chi connectivity index (χ2v) is 6.70. The van der Waals surface area contributed by atoms with E-state index in [1.807, 2.05) is 13.8 Å². The number of carbonyl (C=O) groups is 1. The first-order valence-corrected chi connectivity index (χ1v) is 7.77. The van der Waals surface area contributed by atoms with Crippen LogP contribution in [0.4, 0.5) is 5.69 Å². The van der Waals surface area contributed by atoms with Crippen molar-refractivity contribution >= 4 is 21.3 Å². The van der Waals surface area contributed by atoms with E-state index in [1.165, 1.54) is 0 Å². The van der Waals surface area contributed by atoms with Crippen molar-refractivity contribution in [2.24, 2.45) is 0 Å². The molecule has 0 saturated heterocycles. The molecule has 18 heavy (non-hydrogen) atoms. The number of ketones is 1. The van der Waals surface area contributed by atoms with Crippen molar-refractivity contribution in [3.63, 3.8) is 0 Å². The summed E-state index contributed by atoms with van der Waals surface area (Å²) < 4.78 is 23.0. The molecule has 1 aromatic carbocycles. The quantitative estimate of drug-likeness (QED) is 0.632. The van der Waals surface area contributed by atoms with Crippen LogP contribution in [0, 0.1) is 6.92 Å². The Bertz CT molecular complexity index is 535. The average Bonchev–Trinajstić information content (AvgIpc) is 2.30. The Hall–Kier alpha value is -1.36. The molecule has 0 aromatic heterocycles. The maximum Gasteiger partial charge on any atom is 0.163 e. The van der Waals surface area contributed by atoms with E-state index in [1.54, 1.807) is 18.2 Å². The molecule has 100 valence electrons. The minimum atomic E-state index is -3.10. The maximum atomic E-state index is 11.9. The molecule has 0 aliphatic rings. The smallest absolute Gasteiger partial charge is 0.163 e. The van der Waals surface area contributed by atoms with E-state index in [0.717, 1.165) is 5.56 Å². The van der Waals surface area contributed by atoms with Gasteiger partial charge in [-0.1, -0.05) is 6.92 Å². The Morgan fingerprint density at radius 3 is 2.50 bits per heavy atom. The molecule has 0 bridgehead atoms. The Balaban J connectivity index is 2.69. The number of carbonyl (C=O) groups excluding carboxylic acids is 1. The monoisotopic (exact) mass is 269 g/mol. The number of rotatable bonds is 6. The van der Waals surface area contributed by atoms with Gasteiger partial charge < -0.3 is 5.73 Å². The highest BCUT2D eigenvalue weighted by Crippen LogP contribution is 2.14. The van der Waals surface area contributed by atoms with Crippen LogP contribution in [0.1, 0.15) is 35.7 Å². The van der Waals surface area contributed by atoms with Gasteiger partial charge in [0.2, 0.25) is 0 Å². The van der Waals surface area contributed by atoms with Crippen LogP contribution in [0.3, 0.4) is 0 Å². The summed E-state index contributed by atoms with van der Waals surface area (Å²) in [6, 6.07) is 5.00. The molecule has 1 rings (SSSR count). The molecule has 2 N–H and O–H groups in total. The average molecular weight is 269 g/mol. The third-order valence-electron chi connectivity index (χ3n) is 2.75. The van der Waals surface area contributed by atoms with Crippen LogP contribution in [0.5, 0.6) is 0 Å². The van der Waals surface area contributed by atoms with Crippen LogP contribution < -0.4 is 5.73 Å². The van der Waals surface area contributed by atoms with Gasteiger partial charge in [-0.2, -0.15) is 0 Å². The number of aryl methyl sites for hydroxylation is 1. The van der Waals surface area contributed by atoms with Gasteiger partial charge in [-0.05, 0) is 37.1 Å². The minimum absolute atomic E-state index is 0.0334. The summed E-state index contributed by atoms with van der Waals surface area (Å²) >= 11 is 0. The highest BCUT2D eigenvalue weighted by molar-refractivity contribution is 7.91. The van der Waals surface area contributed by atoms with E-state index in [-0.39, 0.29) is 23.7 Å². The summed E-state index contributed by atoms with van der Waals surface area (Å²) in [6.45, 7) is 3.63. The standard InChI is InChI=1S/C13H19NO3S/c1-3-7-18(16,17)8-6-13(15)11-4-5-12(14)10(2)9-11/h4-5,9H,3,6-8,14H2,1-2H3. The Morgan fingerprint density at radius 2 is 1.94 bits per heavy atom. The van der Waals surface area contributed by atoms with Gasteiger partial charge in [-0.15, -0.1) is 0 Å². The molecule has 0 amide bonds. The number of nitrogen functional groups attached to an aromatic ring is 1. The number of hydrogen-bond donors (Lipinski definition) is 1. The topological polar surface area (TPSA) is 77.2 Å². The van der Waals surface area contributed by atoms with Gasteiger partial charge >= 0.3 is 0 Å². The predicted octanol–water partition coefficient (Wildman–Crippen LogP) is 1.97. The molecule has 0 heterocycles. The van der Waals surface area contributed by atoms with Gasteiger partial charge in [0.05, 0.1) is 5.75 Å². The lowest BCUT2D eigenvalue weighted by Gasteiger charge is -2.05. The van der Waals surface area contributed by atoms with Crippen LogP contribution >= 0.6 is 0 Å². The molecule has 0 aliphatic heterocycles. The second-order valence-electron chi connectivity index (χ2n) is 4.40. The highest BCUT2D eigenvalue weighted by atomic mass is 32.2. The van der Waals surface area contributed by atoms with Crippen LogP contribution in [0.15, 0.2) is 18.2 Å². The Labute approximate surface area is 108 Å². The van der Waals surface area contributed by atoms with E-state index in [2.05, 4.69) is 0 Å². The Kier molecular flexibility index (Phi) is 4.90. The number of nitrogens with two attached hydrogens (primary N) is 1. The van der Waals surface area contributed by atoms with Crippen LogP contribution in [-0.2, 0) is 9.84 Å². The van der Waals surface area contributed by atoms with Crippen molar-refractivity contribution in [3.8, 4) is 0 Å². The molecule has 0 saturated carbocycles. The number of hydrogen-bond acceptors (Lipinski definition) is 4. The van der Waals surface area contributed by atoms with Gasteiger partial charge in [-0.3, -0.25) is 4.79 Å². The van der Waals surface area contributed by atoms with Gasteiger partial charge in [0, 0.05) is 23.4 Å². The van der Waals surface area contributed by atoms with E-state index >= 15 is 0 Å². The van der Waals surface area contributed by atoms with Gasteiger partial charge in [0.15, 0.2) is 15.6 Å². The minimum Gasteiger partial charge on any atom is -0.399 e. The molecule has 0 spiro atoms. The Morgan fingerprint density at radius 1 is 1.28 bits per heavy atom. The number of sulfone groups is 1. The molecule has 0 aliphatic carbocycles. The lowest BCUT2D eigenvalue weighted by Crippen LogP contribution is -2.14. The molecule has 5 heteroatoms. The van der Waals surface area contributed by atoms with Gasteiger partial charge in [0.1, 0.15) is 0 Å². The summed E-state index contributed by atoms with van der Waals surface area (Å²) in [5.41, 5.74) is 7.65. The number of Topliss-reactive ketones (excluding diaryl/α,β-unsaturated/α-hetero) is 1. The zero-order valence-corrected chi connectivity index (χ0v) is 11.6. The van der Waals surface area contributed by atoms with E-state index in [4.69, 9.17) is 5.73 Å². The normalized spacial score (nSPS) is 11.4. The molecule has 1 aromatic rings. The van der Waals surface area contributed by atoms with Crippen molar-refractivity contribution in [1.29, 1.82) is 0 Å². The van der Waals surface area contributed by atoms with Crippen molar-refractivity contribution in [2.45, 2.75) is 26.7 Å². The number of anilines is 1. The van der Waals surface area contributed by atoms with Crippen LogP contribution in [0.2, 0.25) is 0 Å². The zero-order chi connectivity index (χ0) is 13.8. The SMILES string of the molecule is CCCS(=O)(=O)CCC(=O)c1ccc(N)c(C)c1. The summed E-state index contributed by atoms with van der Waals surface area (Å²) in [6.07, 6.45) is 0.614. The summed E-state index contributed by atoms with van der Waals surface area (Å²) in [5.74, 6) is -0.0952. The first-order valence-electron chi connectivity index (χ1n) is 5.95. The lowest BCUT2D eigenvalue weighted by atomic mass is 10.1. The summed E-state index contributed by atoms with van der Waals surface area (Å²) in [7, 11) is -3.10. The maximum absolute atomic E-state index is 11.9. The highest BCUT2D eigenvalue weighted by Gasteiger charge is 2.14. The molecule has 0 unspecified atom stereocenters. The zero-order valence-electron chi connectivity index (χ0n) is 10.8. The second kappa shape index (κ2) is 6.00. The van der Waals surface area contributed by atoms with E-state index in [9.17, 15) is 13.2 Å². The van der Waals surface area contributed by atoms with Crippen molar-refractivity contribution in [2.75, 3.05) is 17.2 Å². The predicted molar refractivity (Wildman–Crippen MR) is 73.5 cm³/mol. The van der Waals surface area contributed by atoms with Gasteiger partial charge in [-0.25, -0.2) is 8.42 Å². The first kappa shape index (κ1) is 14.7. The summed E-state index contributed by atoms with van der Waals surface area (Å²) in [5, 5.41) is 0. The van der Waals surface area contributed by atoms with Gasteiger partial charge in [0.25, 0.3) is 0 Å². The van der Waals surface area contributed by atoms with E-state index in [0.29, 0.717) is 17.7 Å². The fraction of sp³-hybridized carbons (Fsp3) is 0.462. The molecule has 0 atom stereocenters. The van der Waals surface area contributed by atoms with Crippen LogP contribution in [0.25, 0.3) is 0 Å². The summed E-state index contributed by atoms with van der Waals surface area (Å²) in [4.78, 5) is 11.9. The molecule has 4 nitrogen and oxygen atoms in total. The van der Waals surface area contributed by atoms with Crippen molar-refractivity contribution in [3.05, 3.63) is 29.3 Å². The third kappa shape index (κ3) is 4.14. The fourth-order valence-electron chi connectivity index (χ4n) is 1.65. The van der Waals surface area contributed by atoms with Crippen molar-refractivity contribution in [1.82, 2.24) is 0 Å². The van der Waals surface area contributed by atoms with E-state index < -0.39 is 9.84 Å². The lowest BCUT2D eigenvalue weighted by molar-refractivity contribution is 0.0988. The molecular formula is C13H19NO3S. The fourth-order valence-corrected chi connectivity index (χ4v) is 2.98. The molecular weight excluding hydrogens is 250 g/mol. The number of benzene rings is 1. The molecule has 0 fully saturated rings. The third-order valence-corrected chi connectivity index (χ3v) is 4.60. The van der Waals surface area contributed by atoms with Crippen molar-refractivity contribution < 1.29 is 13.2 Å².